The van der Waals surface area contributed by atoms with Gasteiger partial charge in [-0.1, -0.05) is 6.08 Å². The maximum Gasteiger partial charge on any atom is 0.214 e. The summed E-state index contributed by atoms with van der Waals surface area (Å²) in [6.45, 7) is 2.87. The van der Waals surface area contributed by atoms with Crippen molar-refractivity contribution in [1.82, 2.24) is 4.31 Å². The Labute approximate surface area is 87.0 Å². The minimum atomic E-state index is -2.96. The van der Waals surface area contributed by atoms with Gasteiger partial charge in [0.15, 0.2) is 0 Å². The lowest BCUT2D eigenvalue weighted by atomic mass is 10.3. The molecular formula is C7H12INO2S. The Kier molecular flexibility index (Phi) is 3.54. The van der Waals surface area contributed by atoms with Crippen molar-refractivity contribution in [2.24, 2.45) is 0 Å². The van der Waals surface area contributed by atoms with Gasteiger partial charge in [-0.15, -0.1) is 0 Å². The highest BCUT2D eigenvalue weighted by atomic mass is 127. The molecule has 0 fully saturated rings. The van der Waals surface area contributed by atoms with Gasteiger partial charge in [0, 0.05) is 13.1 Å². The molecule has 3 nitrogen and oxygen atoms in total. The molecule has 1 rings (SSSR count). The summed E-state index contributed by atoms with van der Waals surface area (Å²) in [6, 6.07) is 0. The molecule has 5 heteroatoms. The molecule has 0 aromatic rings. The van der Waals surface area contributed by atoms with E-state index in [2.05, 4.69) is 22.6 Å². The predicted octanol–water partition coefficient (Wildman–Crippen LogP) is 1.36. The molecule has 12 heavy (non-hydrogen) atoms. The smallest absolute Gasteiger partial charge is 0.212 e. The van der Waals surface area contributed by atoms with Gasteiger partial charge in [-0.2, -0.15) is 4.31 Å². The molecule has 0 saturated carbocycles. The molecule has 0 aromatic carbocycles. The summed E-state index contributed by atoms with van der Waals surface area (Å²) in [6.07, 6.45) is 2.83. The summed E-state index contributed by atoms with van der Waals surface area (Å²) in [7, 11) is -2.96. The molecule has 0 aliphatic carbocycles. The molecule has 0 amide bonds. The molecule has 0 unspecified atom stereocenters. The number of sulfonamides is 1. The fourth-order valence-corrected chi connectivity index (χ4v) is 2.54. The van der Waals surface area contributed by atoms with Crippen LogP contribution in [-0.2, 0) is 10.0 Å². The largest absolute Gasteiger partial charge is 0.214 e. The summed E-state index contributed by atoms with van der Waals surface area (Å²) in [5, 5.41) is 0. The molecule has 1 aliphatic rings. The van der Waals surface area contributed by atoms with Crippen LogP contribution in [0.15, 0.2) is 9.66 Å². The van der Waals surface area contributed by atoms with E-state index in [-0.39, 0.29) is 5.75 Å². The average Bonchev–Trinajstić information content (AvgIpc) is 2.05. The highest BCUT2D eigenvalue weighted by Crippen LogP contribution is 2.18. The topological polar surface area (TPSA) is 37.4 Å². The molecule has 0 atom stereocenters. The first-order valence-electron chi connectivity index (χ1n) is 3.88. The van der Waals surface area contributed by atoms with Crippen LogP contribution >= 0.6 is 22.6 Å². The van der Waals surface area contributed by atoms with Crippen molar-refractivity contribution in [2.75, 3.05) is 18.8 Å². The Morgan fingerprint density at radius 3 is 2.75 bits per heavy atom. The van der Waals surface area contributed by atoms with Gasteiger partial charge in [-0.3, -0.25) is 0 Å². The van der Waals surface area contributed by atoms with Crippen LogP contribution in [0.3, 0.4) is 0 Å². The minimum Gasteiger partial charge on any atom is -0.212 e. The molecular weight excluding hydrogens is 289 g/mol. The predicted molar refractivity (Wildman–Crippen MR) is 57.8 cm³/mol. The van der Waals surface area contributed by atoms with Crippen molar-refractivity contribution < 1.29 is 8.42 Å². The molecule has 0 aromatic heterocycles. The average molecular weight is 301 g/mol. The highest BCUT2D eigenvalue weighted by molar-refractivity contribution is 14.1. The molecule has 1 heterocycles. The van der Waals surface area contributed by atoms with Crippen LogP contribution in [0.2, 0.25) is 0 Å². The second-order valence-corrected chi connectivity index (χ2v) is 6.30. The normalized spacial score (nSPS) is 20.7. The van der Waals surface area contributed by atoms with Gasteiger partial charge in [0.25, 0.3) is 0 Å². The van der Waals surface area contributed by atoms with Crippen molar-refractivity contribution in [3.63, 3.8) is 0 Å². The summed E-state index contributed by atoms with van der Waals surface area (Å²) in [5.41, 5.74) is 0. The number of halogens is 1. The van der Waals surface area contributed by atoms with E-state index in [9.17, 15) is 8.42 Å². The first-order chi connectivity index (χ1) is 5.56. The van der Waals surface area contributed by atoms with Crippen LogP contribution in [0.4, 0.5) is 0 Å². The fourth-order valence-electron chi connectivity index (χ4n) is 1.06. The van der Waals surface area contributed by atoms with Gasteiger partial charge in [0.2, 0.25) is 10.0 Å². The van der Waals surface area contributed by atoms with Crippen molar-refractivity contribution in [3.05, 3.63) is 9.66 Å². The van der Waals surface area contributed by atoms with E-state index < -0.39 is 10.0 Å². The number of hydrogen-bond acceptors (Lipinski definition) is 2. The quantitative estimate of drug-likeness (QED) is 0.722. The van der Waals surface area contributed by atoms with Gasteiger partial charge in [0.05, 0.1) is 5.75 Å². The zero-order valence-electron chi connectivity index (χ0n) is 6.96. The monoisotopic (exact) mass is 301 g/mol. The van der Waals surface area contributed by atoms with Crippen LogP contribution in [0.5, 0.6) is 0 Å². The van der Waals surface area contributed by atoms with E-state index in [0.29, 0.717) is 13.1 Å². The van der Waals surface area contributed by atoms with Crippen molar-refractivity contribution in [1.29, 1.82) is 0 Å². The number of rotatable bonds is 2. The Hall–Kier alpha value is 0.380. The Morgan fingerprint density at radius 1 is 1.67 bits per heavy atom. The van der Waals surface area contributed by atoms with E-state index in [4.69, 9.17) is 0 Å². The summed E-state index contributed by atoms with van der Waals surface area (Å²) >= 11 is 2.25. The summed E-state index contributed by atoms with van der Waals surface area (Å²) in [4.78, 5) is 0. The Morgan fingerprint density at radius 2 is 2.33 bits per heavy atom. The van der Waals surface area contributed by atoms with Crippen molar-refractivity contribution in [2.45, 2.75) is 13.3 Å². The van der Waals surface area contributed by atoms with Gasteiger partial charge in [0.1, 0.15) is 0 Å². The standard InChI is InChI=1S/C7H12INO2S/c1-2-12(10,11)9-5-3-7(8)4-6-9/h3H,2,4-6H2,1H3. The number of nitrogens with zero attached hydrogens (tertiary/aromatic N) is 1. The second kappa shape index (κ2) is 4.06. The first-order valence-corrected chi connectivity index (χ1v) is 6.57. The minimum absolute atomic E-state index is 0.206. The zero-order chi connectivity index (χ0) is 9.19. The van der Waals surface area contributed by atoms with E-state index in [1.54, 1.807) is 6.92 Å². The van der Waals surface area contributed by atoms with Crippen LogP contribution in [-0.4, -0.2) is 31.6 Å². The Bertz CT molecular complexity index is 284. The first kappa shape index (κ1) is 10.5. The van der Waals surface area contributed by atoms with E-state index in [1.165, 1.54) is 7.89 Å². The molecule has 0 saturated heterocycles. The molecule has 0 bridgehead atoms. The van der Waals surface area contributed by atoms with Gasteiger partial charge < -0.3 is 0 Å². The van der Waals surface area contributed by atoms with Crippen LogP contribution in [0, 0.1) is 0 Å². The molecule has 1 aliphatic heterocycles. The van der Waals surface area contributed by atoms with Crippen LogP contribution < -0.4 is 0 Å². The highest BCUT2D eigenvalue weighted by Gasteiger charge is 2.21. The van der Waals surface area contributed by atoms with Crippen molar-refractivity contribution >= 4 is 32.6 Å². The molecule has 0 radical (unpaired) electrons. The number of hydrogen-bond donors (Lipinski definition) is 0. The fraction of sp³-hybridized carbons (Fsp3) is 0.714. The lowest BCUT2D eigenvalue weighted by molar-refractivity contribution is 0.438. The van der Waals surface area contributed by atoms with E-state index >= 15 is 0 Å². The third-order valence-corrected chi connectivity index (χ3v) is 4.70. The summed E-state index contributed by atoms with van der Waals surface area (Å²) in [5.74, 6) is 0.206. The lowest BCUT2D eigenvalue weighted by Crippen LogP contribution is -2.35. The third-order valence-electron chi connectivity index (χ3n) is 1.87. The second-order valence-electron chi connectivity index (χ2n) is 2.66. The summed E-state index contributed by atoms with van der Waals surface area (Å²) < 4.78 is 25.5. The third kappa shape index (κ3) is 2.43. The maximum atomic E-state index is 11.4. The molecule has 0 N–H and O–H groups in total. The molecule has 70 valence electrons. The van der Waals surface area contributed by atoms with Gasteiger partial charge in [-0.05, 0) is 39.5 Å². The lowest BCUT2D eigenvalue weighted by Gasteiger charge is -2.23. The van der Waals surface area contributed by atoms with Gasteiger partial charge in [-0.25, -0.2) is 8.42 Å². The van der Waals surface area contributed by atoms with E-state index in [1.807, 2.05) is 6.08 Å². The van der Waals surface area contributed by atoms with Gasteiger partial charge >= 0.3 is 0 Å². The SMILES string of the molecule is CCS(=O)(=O)N1CC=C(I)CC1. The van der Waals surface area contributed by atoms with Crippen molar-refractivity contribution in [3.8, 4) is 0 Å². The van der Waals surface area contributed by atoms with Crippen LogP contribution in [0.25, 0.3) is 0 Å². The zero-order valence-corrected chi connectivity index (χ0v) is 9.93. The van der Waals surface area contributed by atoms with E-state index in [0.717, 1.165) is 6.42 Å². The van der Waals surface area contributed by atoms with Crippen LogP contribution in [0.1, 0.15) is 13.3 Å². The Balaban J connectivity index is 2.70. The molecule has 0 spiro atoms. The maximum absolute atomic E-state index is 11.4.